The third-order valence-electron chi connectivity index (χ3n) is 5.09. The molecule has 0 aliphatic heterocycles. The maximum atomic E-state index is 12.2. The van der Waals surface area contributed by atoms with E-state index >= 15 is 0 Å². The van der Waals surface area contributed by atoms with Crippen LogP contribution in [-0.4, -0.2) is 21.0 Å². The zero-order chi connectivity index (χ0) is 17.8. The highest BCUT2D eigenvalue weighted by Gasteiger charge is 2.24. The third-order valence-corrected chi connectivity index (χ3v) is 5.09. The Hall–Kier alpha value is -2.31. The van der Waals surface area contributed by atoms with Crippen LogP contribution in [0.15, 0.2) is 16.8 Å². The van der Waals surface area contributed by atoms with E-state index in [-0.39, 0.29) is 12.1 Å². The summed E-state index contributed by atoms with van der Waals surface area (Å²) in [5.74, 6) is 1.10. The smallest absolute Gasteiger partial charge is 0.315 e. The Morgan fingerprint density at radius 1 is 1.44 bits per heavy atom. The van der Waals surface area contributed by atoms with Crippen LogP contribution >= 0.6 is 0 Å². The van der Waals surface area contributed by atoms with E-state index in [9.17, 15) is 4.79 Å². The first kappa shape index (κ1) is 17.5. The maximum absolute atomic E-state index is 12.2. The molecule has 1 atom stereocenters. The molecule has 0 saturated heterocycles. The Bertz CT molecular complexity index is 717. The van der Waals surface area contributed by atoms with Crippen LogP contribution in [0, 0.1) is 0 Å². The van der Waals surface area contributed by atoms with E-state index in [1.165, 1.54) is 5.69 Å². The number of hydrogen-bond acceptors (Lipinski definition) is 4. The topological polar surface area (TPSA) is 85.0 Å². The van der Waals surface area contributed by atoms with Crippen molar-refractivity contribution in [1.82, 2.24) is 25.6 Å². The van der Waals surface area contributed by atoms with Gasteiger partial charge in [0.25, 0.3) is 0 Å². The molecule has 2 aromatic heterocycles. The van der Waals surface area contributed by atoms with Gasteiger partial charge >= 0.3 is 6.03 Å². The summed E-state index contributed by atoms with van der Waals surface area (Å²) >= 11 is 0. The van der Waals surface area contributed by atoms with Crippen molar-refractivity contribution in [1.29, 1.82) is 0 Å². The van der Waals surface area contributed by atoms with Gasteiger partial charge in [-0.2, -0.15) is 5.10 Å². The lowest BCUT2D eigenvalue weighted by Gasteiger charge is -2.23. The summed E-state index contributed by atoms with van der Waals surface area (Å²) in [5.41, 5.74) is 3.30. The molecular weight excluding hydrogens is 318 g/mol. The van der Waals surface area contributed by atoms with Crippen LogP contribution in [0.5, 0.6) is 0 Å². The fourth-order valence-electron chi connectivity index (χ4n) is 3.54. The summed E-state index contributed by atoms with van der Waals surface area (Å²) in [5, 5.41) is 14.3. The fourth-order valence-corrected chi connectivity index (χ4v) is 3.54. The Kier molecular flexibility index (Phi) is 5.40. The number of carbonyl (C=O) groups excluding carboxylic acids is 1. The first-order valence-electron chi connectivity index (χ1n) is 9.13. The van der Waals surface area contributed by atoms with E-state index in [0.717, 1.165) is 43.4 Å². The van der Waals surface area contributed by atoms with Crippen LogP contribution in [0.1, 0.15) is 74.2 Å². The van der Waals surface area contributed by atoms with Gasteiger partial charge in [-0.3, -0.25) is 4.68 Å². The Labute approximate surface area is 148 Å². The molecule has 0 radical (unpaired) electrons. The average molecular weight is 345 g/mol. The van der Waals surface area contributed by atoms with E-state index in [1.54, 1.807) is 0 Å². The second-order valence-corrected chi connectivity index (χ2v) is 6.67. The van der Waals surface area contributed by atoms with E-state index in [1.807, 2.05) is 24.0 Å². The highest BCUT2D eigenvalue weighted by atomic mass is 16.5. The minimum atomic E-state index is -0.192. The largest absolute Gasteiger partial charge is 0.359 e. The van der Waals surface area contributed by atoms with Gasteiger partial charge in [0.05, 0.1) is 24.5 Å². The number of nitrogens with zero attached hydrogens (tertiary/aromatic N) is 3. The molecule has 0 saturated carbocycles. The van der Waals surface area contributed by atoms with Gasteiger partial charge in [-0.15, -0.1) is 0 Å². The highest BCUT2D eigenvalue weighted by molar-refractivity contribution is 5.74. The number of fused-ring (bicyclic) bond motifs is 1. The molecule has 136 valence electrons. The van der Waals surface area contributed by atoms with Crippen LogP contribution in [-0.2, 0) is 20.0 Å². The molecule has 0 spiro atoms. The van der Waals surface area contributed by atoms with Gasteiger partial charge in [0, 0.05) is 30.3 Å². The third kappa shape index (κ3) is 3.86. The maximum Gasteiger partial charge on any atom is 0.315 e. The number of carbonyl (C=O) groups is 1. The monoisotopic (exact) mass is 345 g/mol. The molecule has 2 heterocycles. The van der Waals surface area contributed by atoms with Crippen LogP contribution < -0.4 is 10.6 Å². The molecule has 2 N–H and O–H groups in total. The number of nitrogens with one attached hydrogen (secondary N) is 2. The van der Waals surface area contributed by atoms with Gasteiger partial charge < -0.3 is 15.2 Å². The molecule has 7 nitrogen and oxygen atoms in total. The molecule has 1 aliphatic carbocycles. The van der Waals surface area contributed by atoms with Crippen molar-refractivity contribution < 1.29 is 9.32 Å². The summed E-state index contributed by atoms with van der Waals surface area (Å²) in [4.78, 5) is 12.2. The van der Waals surface area contributed by atoms with E-state index in [0.29, 0.717) is 18.2 Å². The number of urea groups is 1. The van der Waals surface area contributed by atoms with Gasteiger partial charge in [-0.05, 0) is 32.1 Å². The summed E-state index contributed by atoms with van der Waals surface area (Å²) in [6.45, 7) is 4.63. The summed E-state index contributed by atoms with van der Waals surface area (Å²) in [6, 6.07) is 1.77. The van der Waals surface area contributed by atoms with Crippen molar-refractivity contribution in [2.45, 2.75) is 64.5 Å². The molecule has 0 aromatic carbocycles. The van der Waals surface area contributed by atoms with Gasteiger partial charge in [-0.25, -0.2) is 4.79 Å². The normalized spacial score (nSPS) is 16.7. The molecule has 7 heteroatoms. The first-order valence-corrected chi connectivity index (χ1v) is 9.13. The quantitative estimate of drug-likeness (QED) is 0.842. The van der Waals surface area contributed by atoms with E-state index < -0.39 is 0 Å². The van der Waals surface area contributed by atoms with Crippen molar-refractivity contribution in [2.75, 3.05) is 0 Å². The molecule has 25 heavy (non-hydrogen) atoms. The predicted octanol–water partition coefficient (Wildman–Crippen LogP) is 3.19. The minimum Gasteiger partial charge on any atom is -0.359 e. The molecule has 0 fully saturated rings. The molecule has 1 aliphatic rings. The van der Waals surface area contributed by atoms with E-state index in [2.05, 4.69) is 34.7 Å². The van der Waals surface area contributed by atoms with Crippen molar-refractivity contribution in [3.05, 3.63) is 35.0 Å². The molecule has 3 rings (SSSR count). The van der Waals surface area contributed by atoms with Gasteiger partial charge in [0.1, 0.15) is 0 Å². The lowest BCUT2D eigenvalue weighted by molar-refractivity contribution is 0.233. The van der Waals surface area contributed by atoms with Crippen molar-refractivity contribution in [2.24, 2.45) is 7.05 Å². The SMILES string of the molecule is CCC(CC)c1cc(CNC(=O)N[C@H]2CCCc3c2cnn3C)on1. The molecule has 2 aromatic rings. The number of amides is 2. The molecule has 2 amide bonds. The van der Waals surface area contributed by atoms with Crippen LogP contribution in [0.25, 0.3) is 0 Å². The Balaban J connectivity index is 1.54. The lowest BCUT2D eigenvalue weighted by Crippen LogP contribution is -2.38. The Morgan fingerprint density at radius 2 is 2.24 bits per heavy atom. The molecule has 0 unspecified atom stereocenters. The Morgan fingerprint density at radius 3 is 3.00 bits per heavy atom. The fraction of sp³-hybridized carbons (Fsp3) is 0.611. The lowest BCUT2D eigenvalue weighted by atomic mass is 9.93. The number of hydrogen-bond donors (Lipinski definition) is 2. The van der Waals surface area contributed by atoms with Crippen molar-refractivity contribution >= 4 is 6.03 Å². The number of aryl methyl sites for hydroxylation is 1. The van der Waals surface area contributed by atoms with Crippen molar-refractivity contribution in [3.8, 4) is 0 Å². The molecular formula is C18H27N5O2. The second-order valence-electron chi connectivity index (χ2n) is 6.67. The van der Waals surface area contributed by atoms with E-state index in [4.69, 9.17) is 4.52 Å². The van der Waals surface area contributed by atoms with Gasteiger partial charge in [0.2, 0.25) is 0 Å². The summed E-state index contributed by atoms with van der Waals surface area (Å²) < 4.78 is 7.24. The first-order chi connectivity index (χ1) is 12.1. The van der Waals surface area contributed by atoms with Crippen LogP contribution in [0.2, 0.25) is 0 Å². The van der Waals surface area contributed by atoms with Gasteiger partial charge in [0.15, 0.2) is 5.76 Å². The highest BCUT2D eigenvalue weighted by Crippen LogP contribution is 2.29. The molecule has 0 bridgehead atoms. The summed E-state index contributed by atoms with van der Waals surface area (Å²) in [6.07, 6.45) is 6.93. The minimum absolute atomic E-state index is 0.0206. The van der Waals surface area contributed by atoms with Crippen LogP contribution in [0.3, 0.4) is 0 Å². The predicted molar refractivity (Wildman–Crippen MR) is 94.1 cm³/mol. The van der Waals surface area contributed by atoms with Crippen molar-refractivity contribution in [3.63, 3.8) is 0 Å². The zero-order valence-corrected chi connectivity index (χ0v) is 15.2. The number of aromatic nitrogens is 3. The van der Waals surface area contributed by atoms with Crippen LogP contribution in [0.4, 0.5) is 4.79 Å². The summed E-state index contributed by atoms with van der Waals surface area (Å²) in [7, 11) is 1.95. The average Bonchev–Trinajstić information content (AvgIpc) is 3.23. The standard InChI is InChI=1S/C18H27N5O2/c1-4-12(5-2)16-9-13(25-22-16)10-19-18(24)21-15-7-6-8-17-14(15)11-20-23(17)3/h9,11-12,15H,4-8,10H2,1-3H3,(H2,19,21,24)/t15-/m0/s1. The second kappa shape index (κ2) is 7.72. The number of rotatable bonds is 6. The van der Waals surface area contributed by atoms with Gasteiger partial charge in [-0.1, -0.05) is 19.0 Å². The zero-order valence-electron chi connectivity index (χ0n) is 15.2.